The van der Waals surface area contributed by atoms with Crippen molar-refractivity contribution >= 4 is 11.6 Å². The van der Waals surface area contributed by atoms with Crippen molar-refractivity contribution in [1.82, 2.24) is 0 Å². The summed E-state index contributed by atoms with van der Waals surface area (Å²) in [6.45, 7) is 0. The van der Waals surface area contributed by atoms with Crippen LogP contribution in [0.3, 0.4) is 0 Å². The van der Waals surface area contributed by atoms with Crippen LogP contribution in [0.4, 0.5) is 18.9 Å². The van der Waals surface area contributed by atoms with Crippen LogP contribution in [0.1, 0.15) is 0 Å². The van der Waals surface area contributed by atoms with Gasteiger partial charge in [-0.05, 0) is 24.3 Å². The van der Waals surface area contributed by atoms with Gasteiger partial charge in [-0.15, -0.1) is 18.3 Å². The van der Waals surface area contributed by atoms with Crippen LogP contribution < -0.4 is 21.6 Å². The van der Waals surface area contributed by atoms with E-state index < -0.39 is 6.36 Å². The van der Waals surface area contributed by atoms with Crippen molar-refractivity contribution in [3.8, 4) is 5.75 Å². The number of hydrogen-bond donors (Lipinski definition) is 3. The highest BCUT2D eigenvalue weighted by Crippen LogP contribution is 2.23. The predicted molar refractivity (Wildman–Crippen MR) is 52.6 cm³/mol. The minimum atomic E-state index is -4.70. The average Bonchev–Trinajstić information content (AvgIpc) is 2.14. The molecule has 1 aromatic carbocycles. The topological polar surface area (TPSA) is 85.7 Å². The van der Waals surface area contributed by atoms with Gasteiger partial charge in [0.25, 0.3) is 0 Å². The molecule has 8 heteroatoms. The van der Waals surface area contributed by atoms with Crippen LogP contribution in [-0.4, -0.2) is 12.3 Å². The monoisotopic (exact) mass is 234 g/mol. The maximum Gasteiger partial charge on any atom is 0.573 e. The normalized spacial score (nSPS) is 10.7. The molecule has 0 unspecified atom stereocenters. The Balaban J connectivity index is 2.65. The summed E-state index contributed by atoms with van der Waals surface area (Å²) in [5, 5.41) is 3.46. The van der Waals surface area contributed by atoms with Gasteiger partial charge < -0.3 is 16.2 Å². The number of nitrogens with two attached hydrogens (primary N) is 2. The molecule has 0 atom stereocenters. The van der Waals surface area contributed by atoms with E-state index in [0.29, 0.717) is 5.69 Å². The fourth-order valence-corrected chi connectivity index (χ4v) is 0.860. The van der Waals surface area contributed by atoms with Crippen molar-refractivity contribution in [3.63, 3.8) is 0 Å². The Morgan fingerprint density at radius 2 is 1.75 bits per heavy atom. The molecule has 1 rings (SSSR count). The zero-order chi connectivity index (χ0) is 12.2. The van der Waals surface area contributed by atoms with Gasteiger partial charge in [-0.2, -0.15) is 0 Å². The number of halogens is 3. The lowest BCUT2D eigenvalue weighted by atomic mass is 10.3. The fraction of sp³-hybridized carbons (Fsp3) is 0.125. The Morgan fingerprint density at radius 3 is 2.19 bits per heavy atom. The first kappa shape index (κ1) is 12.0. The summed E-state index contributed by atoms with van der Waals surface area (Å²) in [5.41, 5.74) is 13.0. The molecule has 0 fully saturated rings. The first-order chi connectivity index (χ1) is 7.37. The number of nitrogens with one attached hydrogen (secondary N) is 1. The van der Waals surface area contributed by atoms with Gasteiger partial charge in [0.05, 0.1) is 5.69 Å². The lowest BCUT2D eigenvalue weighted by Crippen LogP contribution is -2.23. The van der Waals surface area contributed by atoms with Crippen LogP contribution in [0.2, 0.25) is 0 Å². The Kier molecular flexibility index (Phi) is 3.44. The summed E-state index contributed by atoms with van der Waals surface area (Å²) in [6, 6.07) is 4.96. The van der Waals surface area contributed by atoms with Gasteiger partial charge in [-0.1, -0.05) is 0 Å². The molecule has 0 spiro atoms. The predicted octanol–water partition coefficient (Wildman–Crippen LogP) is 1.19. The summed E-state index contributed by atoms with van der Waals surface area (Å²) in [7, 11) is 0. The Morgan fingerprint density at radius 1 is 1.19 bits per heavy atom. The number of guanidine groups is 1. The second kappa shape index (κ2) is 4.60. The van der Waals surface area contributed by atoms with E-state index >= 15 is 0 Å². The first-order valence-corrected chi connectivity index (χ1v) is 4.07. The van der Waals surface area contributed by atoms with Gasteiger partial charge >= 0.3 is 6.36 Å². The molecule has 0 aromatic heterocycles. The highest BCUT2D eigenvalue weighted by atomic mass is 19.4. The summed E-state index contributed by atoms with van der Waals surface area (Å²) in [6.07, 6.45) is -4.70. The quantitative estimate of drug-likeness (QED) is 0.416. The van der Waals surface area contributed by atoms with E-state index in [1.54, 1.807) is 0 Å². The number of benzene rings is 1. The van der Waals surface area contributed by atoms with Crippen LogP contribution in [0.15, 0.2) is 29.4 Å². The molecule has 0 bridgehead atoms. The van der Waals surface area contributed by atoms with Crippen LogP contribution in [0, 0.1) is 0 Å². The van der Waals surface area contributed by atoms with Gasteiger partial charge in [-0.3, -0.25) is 5.43 Å². The molecule has 0 aliphatic heterocycles. The van der Waals surface area contributed by atoms with E-state index in [1.807, 2.05) is 0 Å². The molecule has 0 amide bonds. The summed E-state index contributed by atoms with van der Waals surface area (Å²) >= 11 is 0. The molecule has 0 radical (unpaired) electrons. The van der Waals surface area contributed by atoms with Crippen LogP contribution in [0.25, 0.3) is 0 Å². The smallest absolute Gasteiger partial charge is 0.406 e. The van der Waals surface area contributed by atoms with Gasteiger partial charge in [0.2, 0.25) is 5.96 Å². The summed E-state index contributed by atoms with van der Waals surface area (Å²) < 4.78 is 39.1. The van der Waals surface area contributed by atoms with Crippen molar-refractivity contribution in [2.24, 2.45) is 16.6 Å². The summed E-state index contributed by atoms with van der Waals surface area (Å²) in [5.74, 6) is -0.502. The molecule has 0 saturated heterocycles. The zero-order valence-corrected chi connectivity index (χ0v) is 7.95. The number of hydrogen-bond acceptors (Lipinski definition) is 3. The molecular weight excluding hydrogens is 225 g/mol. The average molecular weight is 234 g/mol. The fourth-order valence-electron chi connectivity index (χ4n) is 0.860. The van der Waals surface area contributed by atoms with Crippen molar-refractivity contribution in [2.75, 3.05) is 5.43 Å². The van der Waals surface area contributed by atoms with Crippen molar-refractivity contribution in [1.29, 1.82) is 0 Å². The second-order valence-electron chi connectivity index (χ2n) is 2.72. The number of hydrazone groups is 1. The maximum absolute atomic E-state index is 11.8. The van der Waals surface area contributed by atoms with Crippen LogP contribution in [-0.2, 0) is 0 Å². The van der Waals surface area contributed by atoms with Crippen LogP contribution in [0.5, 0.6) is 5.75 Å². The molecule has 5 nitrogen and oxygen atoms in total. The van der Waals surface area contributed by atoms with Gasteiger partial charge in [0.1, 0.15) is 5.75 Å². The van der Waals surface area contributed by atoms with Gasteiger partial charge in [-0.25, -0.2) is 0 Å². The van der Waals surface area contributed by atoms with E-state index in [4.69, 9.17) is 11.5 Å². The first-order valence-electron chi connectivity index (χ1n) is 4.07. The maximum atomic E-state index is 11.8. The highest BCUT2D eigenvalue weighted by molar-refractivity contribution is 5.76. The van der Waals surface area contributed by atoms with E-state index in [0.717, 1.165) is 12.1 Å². The molecule has 16 heavy (non-hydrogen) atoms. The number of alkyl halides is 3. The molecule has 1 aromatic rings. The van der Waals surface area contributed by atoms with Crippen molar-refractivity contribution < 1.29 is 17.9 Å². The van der Waals surface area contributed by atoms with E-state index in [2.05, 4.69) is 15.3 Å². The minimum Gasteiger partial charge on any atom is -0.406 e. The van der Waals surface area contributed by atoms with E-state index in [9.17, 15) is 13.2 Å². The number of anilines is 1. The third-order valence-corrected chi connectivity index (χ3v) is 1.40. The zero-order valence-electron chi connectivity index (χ0n) is 7.95. The molecular formula is C8H9F3N4O. The van der Waals surface area contributed by atoms with Gasteiger partial charge in [0.15, 0.2) is 0 Å². The van der Waals surface area contributed by atoms with E-state index in [1.165, 1.54) is 12.1 Å². The van der Waals surface area contributed by atoms with Crippen molar-refractivity contribution in [2.45, 2.75) is 6.36 Å². The largest absolute Gasteiger partial charge is 0.573 e. The molecule has 0 saturated carbocycles. The number of ether oxygens (including phenoxy) is 1. The second-order valence-corrected chi connectivity index (χ2v) is 2.72. The minimum absolute atomic E-state index is 0.185. The third-order valence-electron chi connectivity index (χ3n) is 1.40. The standard InChI is InChI=1S/C8H9F3N4O/c9-8(10,11)16-6-3-1-5(2-4-6)14-15-7(12)13/h1-4,14H,(H4,12,13,15). The Labute approximate surface area is 88.9 Å². The van der Waals surface area contributed by atoms with Crippen LogP contribution >= 0.6 is 0 Å². The number of nitrogens with zero attached hydrogens (tertiary/aromatic N) is 1. The molecule has 0 aliphatic carbocycles. The van der Waals surface area contributed by atoms with E-state index in [-0.39, 0.29) is 11.7 Å². The Bertz CT molecular complexity index is 370. The van der Waals surface area contributed by atoms with Crippen molar-refractivity contribution in [3.05, 3.63) is 24.3 Å². The molecule has 5 N–H and O–H groups in total. The lowest BCUT2D eigenvalue weighted by molar-refractivity contribution is -0.274. The third kappa shape index (κ3) is 4.40. The lowest BCUT2D eigenvalue weighted by Gasteiger charge is -2.08. The SMILES string of the molecule is NC(N)=NNc1ccc(OC(F)(F)F)cc1. The summed E-state index contributed by atoms with van der Waals surface area (Å²) in [4.78, 5) is 0. The molecule has 0 heterocycles. The Hall–Kier alpha value is -2.12. The highest BCUT2D eigenvalue weighted by Gasteiger charge is 2.30. The molecule has 0 aliphatic rings. The molecule has 88 valence electrons. The van der Waals surface area contributed by atoms with Gasteiger partial charge in [0, 0.05) is 0 Å². The number of rotatable bonds is 3.